The average molecular weight is 927 g/mol. The zero-order valence-electron chi connectivity index (χ0n) is 42.1. The van der Waals surface area contributed by atoms with Crippen LogP contribution in [-0.2, 0) is 0 Å². The van der Waals surface area contributed by atoms with E-state index in [0.717, 1.165) is 22.7 Å². The lowest BCUT2D eigenvalue weighted by Crippen LogP contribution is -2.59. The Labute approximate surface area is 418 Å². The molecule has 13 aromatic rings. The monoisotopic (exact) mass is 926 g/mol. The predicted molar refractivity (Wildman–Crippen MR) is 303 cm³/mol. The number of rotatable bonds is 4. The Morgan fingerprint density at radius 2 is 0.722 bits per heavy atom. The molecule has 0 spiro atoms. The Balaban J connectivity index is 1.21. The number of aryl methyl sites for hydroxylation is 9. The topological polar surface area (TPSA) is 45.5 Å². The highest BCUT2D eigenvalue weighted by atomic mass is 15.1. The van der Waals surface area contributed by atoms with Crippen molar-refractivity contribution in [2.45, 2.75) is 62.3 Å². The van der Waals surface area contributed by atoms with Gasteiger partial charge in [0.2, 0.25) is 0 Å². The van der Waals surface area contributed by atoms with Crippen LogP contribution in [0.1, 0.15) is 50.1 Å². The predicted octanol–water partition coefficient (Wildman–Crippen LogP) is 13.8. The molecule has 0 aliphatic carbocycles. The number of fused-ring (bicyclic) bond motifs is 12. The molecule has 0 bridgehead atoms. The summed E-state index contributed by atoms with van der Waals surface area (Å²) in [6, 6.07) is 54.6. The van der Waals surface area contributed by atoms with Crippen LogP contribution in [-0.4, -0.2) is 34.9 Å². The summed E-state index contributed by atoms with van der Waals surface area (Å²) in [5, 5.41) is 4.78. The summed E-state index contributed by atoms with van der Waals surface area (Å²) in [5.74, 6) is 1.96. The van der Waals surface area contributed by atoms with Gasteiger partial charge in [-0.3, -0.25) is 9.13 Å². The molecule has 6 nitrogen and oxygen atoms in total. The standard InChI is InChI=1S/C65H51BN6/c1-34-30-51-57-52(31-34)72-63-46(33-50-56(59(63)68-65(72)54-37(4)20-15-21-38(54)5)44-27-11-13-29-48(44)70(50)61-41(8)24-17-25-42(61)9)66(57)45-32-49-55(58-62(45)71(51)64(67-58)53-35(2)18-14-19-36(53)3)43-26-10-12-28-47(43)69(49)60-39(6)22-16-23-40(60)7/h10-33H,1-9H3. The molecule has 0 unspecified atom stereocenters. The first-order valence-electron chi connectivity index (χ1n) is 25.4. The van der Waals surface area contributed by atoms with Gasteiger partial charge in [0.15, 0.2) is 0 Å². The molecule has 0 atom stereocenters. The van der Waals surface area contributed by atoms with Crippen molar-refractivity contribution >= 4 is 88.8 Å². The third-order valence-electron chi connectivity index (χ3n) is 16.6. The zero-order chi connectivity index (χ0) is 48.7. The normalized spacial score (nSPS) is 12.8. The molecule has 0 saturated carbocycles. The molecule has 7 heteroatoms. The van der Waals surface area contributed by atoms with Crippen molar-refractivity contribution in [2.24, 2.45) is 0 Å². The summed E-state index contributed by atoms with van der Waals surface area (Å²) < 4.78 is 10.2. The number of aromatic nitrogens is 6. The maximum absolute atomic E-state index is 6.01. The van der Waals surface area contributed by atoms with Crippen molar-refractivity contribution in [2.75, 3.05) is 0 Å². The van der Waals surface area contributed by atoms with Gasteiger partial charge < -0.3 is 9.13 Å². The molecule has 4 aromatic heterocycles. The van der Waals surface area contributed by atoms with Crippen LogP contribution in [0.15, 0.2) is 146 Å². The summed E-state index contributed by atoms with van der Waals surface area (Å²) in [5.41, 5.74) is 31.0. The minimum absolute atomic E-state index is 0.159. The number of hydrogen-bond acceptors (Lipinski definition) is 2. The Morgan fingerprint density at radius 1 is 0.361 bits per heavy atom. The van der Waals surface area contributed by atoms with Gasteiger partial charge in [0.1, 0.15) is 11.6 Å². The van der Waals surface area contributed by atoms with Crippen LogP contribution in [0, 0.1) is 62.3 Å². The smallest absolute Gasteiger partial charge is 0.252 e. The van der Waals surface area contributed by atoms with Crippen LogP contribution in [0.4, 0.5) is 0 Å². The average Bonchev–Trinajstić information content (AvgIpc) is 4.11. The van der Waals surface area contributed by atoms with Crippen LogP contribution in [0.3, 0.4) is 0 Å². The van der Waals surface area contributed by atoms with Crippen LogP contribution >= 0.6 is 0 Å². The molecular formula is C65H51BN6. The summed E-state index contributed by atoms with van der Waals surface area (Å²) in [7, 11) is 0. The summed E-state index contributed by atoms with van der Waals surface area (Å²) in [6.07, 6.45) is 0. The molecule has 72 heavy (non-hydrogen) atoms. The number of benzene rings is 9. The van der Waals surface area contributed by atoms with Crippen molar-refractivity contribution in [1.82, 2.24) is 28.2 Å². The quantitative estimate of drug-likeness (QED) is 0.165. The second-order valence-corrected chi connectivity index (χ2v) is 21.0. The van der Waals surface area contributed by atoms with E-state index in [9.17, 15) is 0 Å². The van der Waals surface area contributed by atoms with Crippen LogP contribution in [0.25, 0.3) is 111 Å². The van der Waals surface area contributed by atoms with Crippen molar-refractivity contribution in [1.29, 1.82) is 0 Å². The molecular weight excluding hydrogens is 876 g/mol. The Bertz CT molecular complexity index is 4260. The van der Waals surface area contributed by atoms with E-state index < -0.39 is 0 Å². The van der Waals surface area contributed by atoms with Gasteiger partial charge >= 0.3 is 0 Å². The largest absolute Gasteiger partial charge is 0.309 e. The van der Waals surface area contributed by atoms with Gasteiger partial charge in [-0.25, -0.2) is 9.97 Å². The van der Waals surface area contributed by atoms with Gasteiger partial charge in [0, 0.05) is 44.0 Å². The van der Waals surface area contributed by atoms with E-state index in [4.69, 9.17) is 9.97 Å². The summed E-state index contributed by atoms with van der Waals surface area (Å²) >= 11 is 0. The first-order chi connectivity index (χ1) is 35.0. The van der Waals surface area contributed by atoms with Crippen molar-refractivity contribution < 1.29 is 0 Å². The molecule has 0 amide bonds. The molecule has 0 saturated heterocycles. The van der Waals surface area contributed by atoms with E-state index >= 15 is 0 Å². The van der Waals surface area contributed by atoms with E-state index in [-0.39, 0.29) is 6.71 Å². The second-order valence-electron chi connectivity index (χ2n) is 21.0. The van der Waals surface area contributed by atoms with Gasteiger partial charge in [0.05, 0.1) is 55.5 Å². The summed E-state index contributed by atoms with van der Waals surface area (Å²) in [6.45, 7) is 20.1. The van der Waals surface area contributed by atoms with E-state index in [1.807, 2.05) is 0 Å². The molecule has 0 fully saturated rings. The van der Waals surface area contributed by atoms with Crippen molar-refractivity contribution in [3.63, 3.8) is 0 Å². The maximum atomic E-state index is 6.01. The molecule has 2 aliphatic heterocycles. The van der Waals surface area contributed by atoms with Gasteiger partial charge in [-0.1, -0.05) is 109 Å². The molecule has 9 aromatic carbocycles. The molecule has 2 aliphatic rings. The number of nitrogens with zero attached hydrogens (tertiary/aromatic N) is 6. The number of hydrogen-bond donors (Lipinski definition) is 0. The fourth-order valence-corrected chi connectivity index (χ4v) is 13.7. The van der Waals surface area contributed by atoms with E-state index in [2.05, 4.69) is 226 Å². The van der Waals surface area contributed by atoms with Crippen molar-refractivity contribution in [3.8, 4) is 45.5 Å². The van der Waals surface area contributed by atoms with Crippen LogP contribution < -0.4 is 16.4 Å². The Kier molecular flexibility index (Phi) is 8.25. The molecule has 0 radical (unpaired) electrons. The fraction of sp³-hybridized carbons (Fsp3) is 0.138. The molecule has 6 heterocycles. The van der Waals surface area contributed by atoms with Gasteiger partial charge in [-0.2, -0.15) is 0 Å². The Hall–Kier alpha value is -8.42. The van der Waals surface area contributed by atoms with E-state index in [0.29, 0.717) is 0 Å². The minimum atomic E-state index is -0.159. The fourth-order valence-electron chi connectivity index (χ4n) is 13.7. The lowest BCUT2D eigenvalue weighted by atomic mass is 9.34. The highest BCUT2D eigenvalue weighted by Crippen LogP contribution is 2.46. The molecule has 15 rings (SSSR count). The lowest BCUT2D eigenvalue weighted by molar-refractivity contribution is 1.06. The maximum Gasteiger partial charge on any atom is 0.252 e. The first kappa shape index (κ1) is 41.4. The molecule has 344 valence electrons. The first-order valence-corrected chi connectivity index (χ1v) is 25.4. The van der Waals surface area contributed by atoms with Crippen LogP contribution in [0.2, 0.25) is 0 Å². The lowest BCUT2D eigenvalue weighted by Gasteiger charge is -2.34. The second kappa shape index (κ2) is 14.4. The Morgan fingerprint density at radius 3 is 1.11 bits per heavy atom. The number of imidazole rings is 2. The summed E-state index contributed by atoms with van der Waals surface area (Å²) in [4.78, 5) is 12.0. The van der Waals surface area contributed by atoms with Gasteiger partial charge in [0.25, 0.3) is 6.71 Å². The van der Waals surface area contributed by atoms with Crippen LogP contribution in [0.5, 0.6) is 0 Å². The number of para-hydroxylation sites is 4. The zero-order valence-corrected chi connectivity index (χ0v) is 42.1. The van der Waals surface area contributed by atoms with E-state index in [1.165, 1.54) is 155 Å². The SMILES string of the molecule is Cc1cc2c3c(c1)-n1c(-c4c(C)cccc4C)nc4c5c6ccccc6n(-c6c(C)cccc6C)c5cc(c41)B3c1cc3c(c4ccccc4n3-c3c(C)cccc3C)c3nc(-c4c(C)cccc4C)n-2c13. The highest BCUT2D eigenvalue weighted by molar-refractivity contribution is 7.00. The third-order valence-corrected chi connectivity index (χ3v) is 16.6. The van der Waals surface area contributed by atoms with Gasteiger partial charge in [-0.15, -0.1) is 0 Å². The van der Waals surface area contributed by atoms with Gasteiger partial charge in [-0.05, 0) is 165 Å². The third kappa shape index (κ3) is 5.15. The van der Waals surface area contributed by atoms with E-state index in [1.54, 1.807) is 0 Å². The molecule has 0 N–H and O–H groups in total. The van der Waals surface area contributed by atoms with Crippen molar-refractivity contribution in [3.05, 3.63) is 196 Å². The minimum Gasteiger partial charge on any atom is -0.309 e. The highest BCUT2D eigenvalue weighted by Gasteiger charge is 2.44.